The van der Waals surface area contributed by atoms with Gasteiger partial charge in [0.15, 0.2) is 0 Å². The molecule has 0 aliphatic heterocycles. The topological polar surface area (TPSA) is 72.8 Å². The average Bonchev–Trinajstić information content (AvgIpc) is 2.87. The minimum Gasteiger partial charge on any atom is -0.508 e. The Balaban J connectivity index is 1.78. The standard InChI is InChI=1S/C29H34N2O4/c1-6-28(32)24-12-13-29(30-17-24)31-22(4)25-14-26(16-27(15-25)35-21(3)19-33-5)34-18-20(2)23-10-8-7-9-11-23/h6-17,20-21,32H,4,18-19H2,1-3,5H3,(H,30,31)/b28-6+/t20-,21?/m0/s1. The van der Waals surface area contributed by atoms with E-state index in [0.29, 0.717) is 41.8 Å². The van der Waals surface area contributed by atoms with Crippen LogP contribution in [0.3, 0.4) is 0 Å². The molecule has 3 rings (SSSR count). The van der Waals surface area contributed by atoms with Gasteiger partial charge in [0, 0.05) is 42.1 Å². The van der Waals surface area contributed by atoms with E-state index in [0.717, 1.165) is 5.56 Å². The van der Waals surface area contributed by atoms with Gasteiger partial charge in [0.25, 0.3) is 0 Å². The van der Waals surface area contributed by atoms with Gasteiger partial charge in [0.05, 0.1) is 13.2 Å². The van der Waals surface area contributed by atoms with E-state index in [1.807, 2.05) is 43.3 Å². The number of aliphatic hydroxyl groups is 1. The van der Waals surface area contributed by atoms with Crippen molar-refractivity contribution in [1.82, 2.24) is 4.98 Å². The van der Waals surface area contributed by atoms with E-state index in [4.69, 9.17) is 14.2 Å². The smallest absolute Gasteiger partial charge is 0.130 e. The minimum absolute atomic E-state index is 0.124. The molecule has 2 N–H and O–H groups in total. The summed E-state index contributed by atoms with van der Waals surface area (Å²) in [6.07, 6.45) is 3.11. The lowest BCUT2D eigenvalue weighted by atomic mass is 10.0. The number of benzene rings is 2. The molecule has 0 spiro atoms. The summed E-state index contributed by atoms with van der Waals surface area (Å²) in [5.74, 6) is 2.38. The van der Waals surface area contributed by atoms with E-state index in [1.54, 1.807) is 38.4 Å². The van der Waals surface area contributed by atoms with Gasteiger partial charge < -0.3 is 24.6 Å². The first-order chi connectivity index (χ1) is 16.9. The van der Waals surface area contributed by atoms with Crippen molar-refractivity contribution in [2.24, 2.45) is 0 Å². The Bertz CT molecular complexity index is 1130. The van der Waals surface area contributed by atoms with Crippen LogP contribution in [0.1, 0.15) is 43.4 Å². The molecule has 3 aromatic rings. The van der Waals surface area contributed by atoms with Crippen molar-refractivity contribution in [3.8, 4) is 11.5 Å². The van der Waals surface area contributed by atoms with Crippen molar-refractivity contribution in [3.63, 3.8) is 0 Å². The van der Waals surface area contributed by atoms with Crippen molar-refractivity contribution >= 4 is 17.3 Å². The fraction of sp³-hybridized carbons (Fsp3) is 0.276. The number of methoxy groups -OCH3 is 1. The second kappa shape index (κ2) is 12.6. The third-order valence-corrected chi connectivity index (χ3v) is 5.45. The molecule has 0 fully saturated rings. The molecule has 0 bridgehead atoms. The lowest BCUT2D eigenvalue weighted by Crippen LogP contribution is -2.18. The predicted octanol–water partition coefficient (Wildman–Crippen LogP) is 6.68. The van der Waals surface area contributed by atoms with Crippen LogP contribution in [0.4, 0.5) is 5.82 Å². The van der Waals surface area contributed by atoms with Crippen LogP contribution < -0.4 is 14.8 Å². The van der Waals surface area contributed by atoms with Gasteiger partial charge in [0.1, 0.15) is 29.2 Å². The Morgan fingerprint density at radius 2 is 1.77 bits per heavy atom. The van der Waals surface area contributed by atoms with Gasteiger partial charge >= 0.3 is 0 Å². The van der Waals surface area contributed by atoms with Crippen LogP contribution in [0.25, 0.3) is 11.5 Å². The molecule has 0 aliphatic carbocycles. The molecule has 0 saturated heterocycles. The van der Waals surface area contributed by atoms with Crippen molar-refractivity contribution < 1.29 is 19.3 Å². The Morgan fingerprint density at radius 1 is 1.03 bits per heavy atom. The number of aliphatic hydroxyl groups excluding tert-OH is 1. The highest BCUT2D eigenvalue weighted by Gasteiger charge is 2.12. The first-order valence-corrected chi connectivity index (χ1v) is 11.7. The maximum atomic E-state index is 9.86. The van der Waals surface area contributed by atoms with E-state index in [9.17, 15) is 5.11 Å². The number of ether oxygens (including phenoxy) is 3. The summed E-state index contributed by atoms with van der Waals surface area (Å²) in [7, 11) is 1.65. The van der Waals surface area contributed by atoms with Gasteiger partial charge in [-0.15, -0.1) is 0 Å². The molecule has 0 amide bonds. The van der Waals surface area contributed by atoms with Crippen LogP contribution >= 0.6 is 0 Å². The first kappa shape index (κ1) is 25.8. The third kappa shape index (κ3) is 7.62. The van der Waals surface area contributed by atoms with Gasteiger partial charge in [-0.05, 0) is 49.8 Å². The molecule has 2 aromatic carbocycles. The van der Waals surface area contributed by atoms with Crippen LogP contribution in [0.5, 0.6) is 11.5 Å². The lowest BCUT2D eigenvalue weighted by Gasteiger charge is -2.19. The van der Waals surface area contributed by atoms with Crippen LogP contribution in [0.2, 0.25) is 0 Å². The Hall–Kier alpha value is -3.77. The van der Waals surface area contributed by atoms with Gasteiger partial charge in [-0.3, -0.25) is 0 Å². The zero-order valence-electron chi connectivity index (χ0n) is 20.8. The second-order valence-corrected chi connectivity index (χ2v) is 8.41. The van der Waals surface area contributed by atoms with Crippen molar-refractivity contribution in [3.05, 3.63) is 96.2 Å². The molecule has 0 aliphatic rings. The van der Waals surface area contributed by atoms with E-state index < -0.39 is 0 Å². The Labute approximate surface area is 207 Å². The monoisotopic (exact) mass is 474 g/mol. The number of anilines is 1. The molecule has 2 atom stereocenters. The summed E-state index contributed by atoms with van der Waals surface area (Å²) < 4.78 is 17.4. The summed E-state index contributed by atoms with van der Waals surface area (Å²) in [5.41, 5.74) is 3.33. The first-order valence-electron chi connectivity index (χ1n) is 11.7. The molecule has 35 heavy (non-hydrogen) atoms. The molecule has 184 valence electrons. The minimum atomic E-state index is -0.124. The number of aromatic nitrogens is 1. The molecule has 0 radical (unpaired) electrons. The largest absolute Gasteiger partial charge is 0.508 e. The number of allylic oxidation sites excluding steroid dienone is 1. The molecular formula is C29H34N2O4. The van der Waals surface area contributed by atoms with Crippen molar-refractivity contribution in [2.45, 2.75) is 32.8 Å². The average molecular weight is 475 g/mol. The molecular weight excluding hydrogens is 440 g/mol. The van der Waals surface area contributed by atoms with E-state index in [-0.39, 0.29) is 17.8 Å². The molecule has 1 heterocycles. The van der Waals surface area contributed by atoms with Gasteiger partial charge in [-0.25, -0.2) is 4.98 Å². The zero-order chi connectivity index (χ0) is 25.2. The SMILES string of the molecule is C=C(Nc1ccc(/C(O)=C\C)cn1)c1cc(OC[C@H](C)c2ccccc2)cc(OC(C)COC)c1. The Morgan fingerprint density at radius 3 is 2.43 bits per heavy atom. The number of nitrogens with one attached hydrogen (secondary N) is 1. The third-order valence-electron chi connectivity index (χ3n) is 5.45. The van der Waals surface area contributed by atoms with Gasteiger partial charge in [0.2, 0.25) is 0 Å². The van der Waals surface area contributed by atoms with Crippen LogP contribution in [0, 0.1) is 0 Å². The summed E-state index contributed by atoms with van der Waals surface area (Å²) >= 11 is 0. The van der Waals surface area contributed by atoms with Gasteiger partial charge in [-0.2, -0.15) is 0 Å². The zero-order valence-corrected chi connectivity index (χ0v) is 20.8. The van der Waals surface area contributed by atoms with Crippen LogP contribution in [-0.2, 0) is 4.74 Å². The summed E-state index contributed by atoms with van der Waals surface area (Å²) in [5, 5.41) is 13.1. The molecule has 0 saturated carbocycles. The lowest BCUT2D eigenvalue weighted by molar-refractivity contribution is 0.0918. The number of pyridine rings is 1. The number of nitrogens with zero attached hydrogens (tertiary/aromatic N) is 1. The number of hydrogen-bond acceptors (Lipinski definition) is 6. The summed E-state index contributed by atoms with van der Waals surface area (Å²) in [4.78, 5) is 4.37. The van der Waals surface area contributed by atoms with Crippen molar-refractivity contribution in [2.75, 3.05) is 25.6 Å². The number of hydrogen-bond donors (Lipinski definition) is 2. The molecule has 1 unspecified atom stereocenters. The quantitative estimate of drug-likeness (QED) is 0.285. The molecule has 1 aromatic heterocycles. The normalized spacial score (nSPS) is 13.1. The highest BCUT2D eigenvalue weighted by atomic mass is 16.5. The fourth-order valence-electron chi connectivity index (χ4n) is 3.51. The summed E-state index contributed by atoms with van der Waals surface area (Å²) in [6.45, 7) is 11.0. The Kier molecular flexibility index (Phi) is 9.32. The van der Waals surface area contributed by atoms with Crippen LogP contribution in [0.15, 0.2) is 79.5 Å². The summed E-state index contributed by atoms with van der Waals surface area (Å²) in [6, 6.07) is 19.6. The highest BCUT2D eigenvalue weighted by molar-refractivity contribution is 5.75. The van der Waals surface area contributed by atoms with E-state index in [1.165, 1.54) is 5.56 Å². The molecule has 6 heteroatoms. The van der Waals surface area contributed by atoms with E-state index in [2.05, 4.69) is 35.9 Å². The highest BCUT2D eigenvalue weighted by Crippen LogP contribution is 2.29. The maximum absolute atomic E-state index is 9.86. The maximum Gasteiger partial charge on any atom is 0.130 e. The fourth-order valence-corrected chi connectivity index (χ4v) is 3.51. The second-order valence-electron chi connectivity index (χ2n) is 8.41. The van der Waals surface area contributed by atoms with E-state index >= 15 is 0 Å². The number of rotatable bonds is 12. The molecule has 6 nitrogen and oxygen atoms in total. The van der Waals surface area contributed by atoms with Gasteiger partial charge in [-0.1, -0.05) is 43.8 Å². The van der Waals surface area contributed by atoms with Crippen LogP contribution in [-0.4, -0.2) is 36.5 Å². The predicted molar refractivity (Wildman–Crippen MR) is 142 cm³/mol. The van der Waals surface area contributed by atoms with Crippen molar-refractivity contribution in [1.29, 1.82) is 0 Å².